The highest BCUT2D eigenvalue weighted by Crippen LogP contribution is 2.26. The summed E-state index contributed by atoms with van der Waals surface area (Å²) in [7, 11) is -3.61. The minimum atomic E-state index is -3.61. The molecule has 3 rings (SSSR count). The Morgan fingerprint density at radius 2 is 1.97 bits per heavy atom. The van der Waals surface area contributed by atoms with Crippen molar-refractivity contribution in [2.45, 2.75) is 28.5 Å². The average Bonchev–Trinajstić information content (AvgIpc) is 2.81. The first-order chi connectivity index (χ1) is 14.9. The van der Waals surface area contributed by atoms with Crippen LogP contribution >= 0.6 is 11.8 Å². The van der Waals surface area contributed by atoms with Gasteiger partial charge in [-0.1, -0.05) is 30.0 Å². The molecule has 164 valence electrons. The number of para-hydroxylation sites is 1. The molecule has 1 saturated heterocycles. The number of thioether (sulfide) groups is 1. The van der Waals surface area contributed by atoms with Crippen molar-refractivity contribution >= 4 is 33.4 Å². The molecule has 0 saturated carbocycles. The number of hydrogen-bond acceptors (Lipinski definition) is 7. The molecule has 0 aliphatic carbocycles. The van der Waals surface area contributed by atoms with Crippen molar-refractivity contribution in [3.8, 4) is 6.07 Å². The molecule has 2 heterocycles. The fourth-order valence-corrected chi connectivity index (χ4v) is 5.32. The molecule has 0 bridgehead atoms. The molecule has 10 heteroatoms. The third-order valence-electron chi connectivity index (χ3n) is 4.74. The fraction of sp³-hybridized carbons (Fsp3) is 0.381. The van der Waals surface area contributed by atoms with E-state index in [0.717, 1.165) is 5.69 Å². The molecular formula is C21H24N4O4S2. The van der Waals surface area contributed by atoms with E-state index in [4.69, 9.17) is 10.00 Å². The number of benzene rings is 1. The average molecular weight is 461 g/mol. The number of aromatic nitrogens is 1. The summed E-state index contributed by atoms with van der Waals surface area (Å²) in [5, 5.41) is 9.03. The van der Waals surface area contributed by atoms with Gasteiger partial charge in [-0.25, -0.2) is 13.4 Å². The second-order valence-corrected chi connectivity index (χ2v) is 10.1. The van der Waals surface area contributed by atoms with Crippen LogP contribution in [0.1, 0.15) is 13.3 Å². The lowest BCUT2D eigenvalue weighted by molar-refractivity contribution is -0.117. The number of nitrogens with zero attached hydrogens (tertiary/aromatic N) is 4. The van der Waals surface area contributed by atoms with E-state index in [0.29, 0.717) is 37.9 Å². The number of anilines is 1. The van der Waals surface area contributed by atoms with E-state index in [2.05, 4.69) is 11.1 Å². The van der Waals surface area contributed by atoms with Gasteiger partial charge in [0, 0.05) is 31.5 Å². The third kappa shape index (κ3) is 5.83. The highest BCUT2D eigenvalue weighted by atomic mass is 32.2. The largest absolute Gasteiger partial charge is 0.379 e. The van der Waals surface area contributed by atoms with Gasteiger partial charge in [0.2, 0.25) is 15.9 Å². The molecule has 31 heavy (non-hydrogen) atoms. The molecule has 2 aromatic rings. The van der Waals surface area contributed by atoms with Gasteiger partial charge in [-0.2, -0.15) is 9.57 Å². The number of morpholine rings is 1. The highest BCUT2D eigenvalue weighted by Gasteiger charge is 2.27. The minimum absolute atomic E-state index is 0.123. The summed E-state index contributed by atoms with van der Waals surface area (Å²) < 4.78 is 32.0. The van der Waals surface area contributed by atoms with Crippen molar-refractivity contribution in [3.05, 3.63) is 48.7 Å². The summed E-state index contributed by atoms with van der Waals surface area (Å²) in [6.45, 7) is 3.47. The van der Waals surface area contributed by atoms with Gasteiger partial charge in [-0.15, -0.1) is 0 Å². The van der Waals surface area contributed by atoms with Crippen LogP contribution in [0, 0.1) is 11.3 Å². The van der Waals surface area contributed by atoms with Crippen molar-refractivity contribution in [2.24, 2.45) is 0 Å². The van der Waals surface area contributed by atoms with Crippen molar-refractivity contribution < 1.29 is 17.9 Å². The predicted molar refractivity (Wildman–Crippen MR) is 118 cm³/mol. The molecule has 0 N–H and O–H groups in total. The van der Waals surface area contributed by atoms with Gasteiger partial charge < -0.3 is 9.64 Å². The first-order valence-electron chi connectivity index (χ1n) is 9.87. The SMILES string of the molecule is C[C@@H](Sc1ccc(S(=O)(=O)N2CCOCC2)cn1)C(=O)N(CCC#N)c1ccccc1. The summed E-state index contributed by atoms with van der Waals surface area (Å²) in [6, 6.07) is 14.4. The van der Waals surface area contributed by atoms with E-state index >= 15 is 0 Å². The van der Waals surface area contributed by atoms with Crippen LogP contribution in [0.3, 0.4) is 0 Å². The monoisotopic (exact) mass is 460 g/mol. The first kappa shape index (κ1) is 23.2. The van der Waals surface area contributed by atoms with Crippen LogP contribution in [0.5, 0.6) is 0 Å². The molecule has 1 aliphatic heterocycles. The fourth-order valence-electron chi connectivity index (χ4n) is 3.11. The molecule has 8 nitrogen and oxygen atoms in total. The van der Waals surface area contributed by atoms with Gasteiger partial charge in [-0.3, -0.25) is 4.79 Å². The number of amides is 1. The van der Waals surface area contributed by atoms with Crippen LogP contribution in [-0.4, -0.2) is 61.7 Å². The molecule has 1 aliphatic rings. The predicted octanol–water partition coefficient (Wildman–Crippen LogP) is 2.53. The number of ether oxygens (including phenoxy) is 1. The summed E-state index contributed by atoms with van der Waals surface area (Å²) in [5.74, 6) is -0.140. The van der Waals surface area contributed by atoms with Gasteiger partial charge in [0.15, 0.2) is 0 Å². The van der Waals surface area contributed by atoms with Gasteiger partial charge >= 0.3 is 0 Å². The van der Waals surface area contributed by atoms with E-state index in [9.17, 15) is 13.2 Å². The van der Waals surface area contributed by atoms with E-state index in [1.165, 1.54) is 28.3 Å². The molecule has 0 spiro atoms. The van der Waals surface area contributed by atoms with Crippen LogP contribution in [0.2, 0.25) is 0 Å². The number of rotatable bonds is 8. The summed E-state index contributed by atoms with van der Waals surface area (Å²) in [4.78, 5) is 19.0. The van der Waals surface area contributed by atoms with Crippen molar-refractivity contribution in [1.29, 1.82) is 5.26 Å². The van der Waals surface area contributed by atoms with Crippen molar-refractivity contribution in [1.82, 2.24) is 9.29 Å². The number of carbonyl (C=O) groups excluding carboxylic acids is 1. The second kappa shape index (κ2) is 10.7. The van der Waals surface area contributed by atoms with Gasteiger partial charge in [-0.05, 0) is 31.2 Å². The van der Waals surface area contributed by atoms with Crippen molar-refractivity contribution in [2.75, 3.05) is 37.7 Å². The standard InChI is InChI=1S/C21H24N4O4S2/c1-17(21(26)25(11-5-10-22)18-6-3-2-4-7-18)30-20-9-8-19(16-23-20)31(27,28)24-12-14-29-15-13-24/h2-4,6-9,16-17H,5,11-15H2,1H3/t17-/m1/s1. The quantitative estimate of drug-likeness (QED) is 0.558. The highest BCUT2D eigenvalue weighted by molar-refractivity contribution is 8.00. The zero-order valence-corrected chi connectivity index (χ0v) is 18.8. The maximum atomic E-state index is 13.0. The lowest BCUT2D eigenvalue weighted by atomic mass is 10.2. The van der Waals surface area contributed by atoms with Crippen LogP contribution in [0.25, 0.3) is 0 Å². The lowest BCUT2D eigenvalue weighted by Crippen LogP contribution is -2.40. The molecule has 1 atom stereocenters. The Bertz CT molecular complexity index is 1020. The van der Waals surface area contributed by atoms with Crippen LogP contribution < -0.4 is 4.90 Å². The maximum absolute atomic E-state index is 13.0. The minimum Gasteiger partial charge on any atom is -0.379 e. The Morgan fingerprint density at radius 1 is 1.26 bits per heavy atom. The maximum Gasteiger partial charge on any atom is 0.244 e. The summed E-state index contributed by atoms with van der Waals surface area (Å²) in [6.07, 6.45) is 1.55. The van der Waals surface area contributed by atoms with E-state index in [-0.39, 0.29) is 17.2 Å². The van der Waals surface area contributed by atoms with Crippen molar-refractivity contribution in [3.63, 3.8) is 0 Å². The summed E-state index contributed by atoms with van der Waals surface area (Å²) >= 11 is 1.25. The Morgan fingerprint density at radius 3 is 2.58 bits per heavy atom. The van der Waals surface area contributed by atoms with Crippen LogP contribution in [0.4, 0.5) is 5.69 Å². The number of carbonyl (C=O) groups is 1. The number of sulfonamides is 1. The first-order valence-corrected chi connectivity index (χ1v) is 12.2. The van der Waals surface area contributed by atoms with Crippen LogP contribution in [0.15, 0.2) is 58.6 Å². The Kier molecular flexibility index (Phi) is 8.03. The molecule has 0 radical (unpaired) electrons. The molecule has 0 unspecified atom stereocenters. The molecule has 1 aromatic carbocycles. The Labute approximate surface area is 186 Å². The molecular weight excluding hydrogens is 436 g/mol. The second-order valence-electron chi connectivity index (χ2n) is 6.84. The van der Waals surface area contributed by atoms with Gasteiger partial charge in [0.25, 0.3) is 0 Å². The van der Waals surface area contributed by atoms with Gasteiger partial charge in [0.1, 0.15) is 4.90 Å². The zero-order valence-electron chi connectivity index (χ0n) is 17.2. The Balaban J connectivity index is 1.69. The van der Waals surface area contributed by atoms with Crippen LogP contribution in [-0.2, 0) is 19.6 Å². The number of hydrogen-bond donors (Lipinski definition) is 0. The topological polar surface area (TPSA) is 104 Å². The lowest BCUT2D eigenvalue weighted by Gasteiger charge is -2.26. The molecule has 1 aromatic heterocycles. The van der Waals surface area contributed by atoms with E-state index < -0.39 is 15.3 Å². The third-order valence-corrected chi connectivity index (χ3v) is 7.66. The zero-order chi connectivity index (χ0) is 22.3. The summed E-state index contributed by atoms with van der Waals surface area (Å²) in [5.41, 5.74) is 0.732. The smallest absolute Gasteiger partial charge is 0.244 e. The van der Waals surface area contributed by atoms with E-state index in [1.54, 1.807) is 17.9 Å². The van der Waals surface area contributed by atoms with Gasteiger partial charge in [0.05, 0.1) is 36.0 Å². The van der Waals surface area contributed by atoms with E-state index in [1.807, 2.05) is 30.3 Å². The Hall–Kier alpha value is -2.45. The number of nitriles is 1. The normalized spacial score (nSPS) is 15.7. The molecule has 1 amide bonds. The number of pyridine rings is 1. The molecule has 1 fully saturated rings.